The molecule has 3 nitrogen and oxygen atoms in total. The van der Waals surface area contributed by atoms with E-state index in [0.29, 0.717) is 5.30 Å². The summed E-state index contributed by atoms with van der Waals surface area (Å²) >= 11 is 0. The van der Waals surface area contributed by atoms with E-state index in [-0.39, 0.29) is 0 Å². The molecule has 0 radical (unpaired) electrons. The molecule has 0 saturated heterocycles. The maximum atomic E-state index is 8.96. The Morgan fingerprint density at radius 2 is 1.92 bits per heavy atom. The van der Waals surface area contributed by atoms with Gasteiger partial charge in [-0.05, 0) is 12.1 Å². The van der Waals surface area contributed by atoms with Crippen LogP contribution in [-0.2, 0) is 0 Å². The van der Waals surface area contributed by atoms with Crippen LogP contribution in [0.2, 0.25) is 0 Å². The first kappa shape index (κ1) is 8.57. The van der Waals surface area contributed by atoms with Crippen LogP contribution in [0.3, 0.4) is 0 Å². The van der Waals surface area contributed by atoms with Gasteiger partial charge in [-0.25, -0.2) is 0 Å². The van der Waals surface area contributed by atoms with Crippen LogP contribution in [0.25, 0.3) is 10.9 Å². The van der Waals surface area contributed by atoms with E-state index in [9.17, 15) is 0 Å². The molecular weight excluding hydrogens is 185 g/mol. The van der Waals surface area contributed by atoms with Crippen molar-refractivity contribution in [2.24, 2.45) is 0 Å². The highest BCUT2D eigenvalue weighted by Gasteiger charge is 2.04. The van der Waals surface area contributed by atoms with Gasteiger partial charge < -0.3 is 9.79 Å². The molecule has 0 amide bonds. The van der Waals surface area contributed by atoms with Gasteiger partial charge in [0.25, 0.3) is 0 Å². The second-order valence-electron chi connectivity index (χ2n) is 2.68. The van der Waals surface area contributed by atoms with Gasteiger partial charge in [0, 0.05) is 16.9 Å². The third kappa shape index (κ3) is 1.68. The maximum Gasteiger partial charge on any atom is 0.201 e. The SMILES string of the molecule is OP(O)c1cnc2ccccc2c1. The lowest BCUT2D eigenvalue weighted by molar-refractivity contribution is 0.497. The highest BCUT2D eigenvalue weighted by molar-refractivity contribution is 7.54. The van der Waals surface area contributed by atoms with Crippen LogP contribution in [0, 0.1) is 0 Å². The number of nitrogens with zero attached hydrogens (tertiary/aromatic N) is 1. The summed E-state index contributed by atoms with van der Waals surface area (Å²) in [6.45, 7) is 0. The Balaban J connectivity index is 2.62. The van der Waals surface area contributed by atoms with Gasteiger partial charge in [-0.15, -0.1) is 0 Å². The predicted molar refractivity (Wildman–Crippen MR) is 52.7 cm³/mol. The fraction of sp³-hybridized carbons (Fsp3) is 0. The minimum absolute atomic E-state index is 0.480. The zero-order chi connectivity index (χ0) is 9.26. The molecule has 0 atom stereocenters. The maximum absolute atomic E-state index is 8.96. The van der Waals surface area contributed by atoms with Gasteiger partial charge in [-0.1, -0.05) is 18.2 Å². The minimum Gasteiger partial charge on any atom is -0.347 e. The van der Waals surface area contributed by atoms with E-state index in [1.54, 1.807) is 6.07 Å². The molecule has 2 rings (SSSR count). The van der Waals surface area contributed by atoms with E-state index in [0.717, 1.165) is 10.9 Å². The average Bonchev–Trinajstić information content (AvgIpc) is 2.17. The molecule has 2 aromatic rings. The molecule has 2 N–H and O–H groups in total. The third-order valence-corrected chi connectivity index (χ3v) is 2.51. The number of benzene rings is 1. The van der Waals surface area contributed by atoms with Crippen molar-refractivity contribution in [1.29, 1.82) is 0 Å². The lowest BCUT2D eigenvalue weighted by Gasteiger charge is -2.02. The van der Waals surface area contributed by atoms with Crippen LogP contribution in [-0.4, -0.2) is 14.8 Å². The largest absolute Gasteiger partial charge is 0.347 e. The molecule has 66 valence electrons. The van der Waals surface area contributed by atoms with Crippen LogP contribution in [0.15, 0.2) is 36.5 Å². The van der Waals surface area contributed by atoms with E-state index < -0.39 is 8.38 Å². The Labute approximate surface area is 76.6 Å². The molecule has 0 spiro atoms. The van der Waals surface area contributed by atoms with Crippen molar-refractivity contribution < 1.29 is 9.79 Å². The lowest BCUT2D eigenvalue weighted by Crippen LogP contribution is -2.00. The zero-order valence-corrected chi connectivity index (χ0v) is 7.65. The van der Waals surface area contributed by atoms with Gasteiger partial charge in [0.2, 0.25) is 8.38 Å². The monoisotopic (exact) mass is 193 g/mol. The Kier molecular flexibility index (Phi) is 2.23. The Morgan fingerprint density at radius 3 is 2.69 bits per heavy atom. The summed E-state index contributed by atoms with van der Waals surface area (Å²) in [4.78, 5) is 22.0. The van der Waals surface area contributed by atoms with Gasteiger partial charge in [0.15, 0.2) is 0 Å². The molecule has 0 saturated carbocycles. The topological polar surface area (TPSA) is 53.4 Å². The fourth-order valence-electron chi connectivity index (χ4n) is 1.17. The van der Waals surface area contributed by atoms with Crippen LogP contribution < -0.4 is 5.30 Å². The Bertz CT molecular complexity index is 431. The van der Waals surface area contributed by atoms with Crippen molar-refractivity contribution in [1.82, 2.24) is 4.98 Å². The van der Waals surface area contributed by atoms with E-state index in [4.69, 9.17) is 9.79 Å². The van der Waals surface area contributed by atoms with Gasteiger partial charge in [0.05, 0.1) is 5.52 Å². The van der Waals surface area contributed by atoms with E-state index in [2.05, 4.69) is 4.98 Å². The van der Waals surface area contributed by atoms with Crippen molar-refractivity contribution >= 4 is 24.6 Å². The number of fused-ring (bicyclic) bond motifs is 1. The van der Waals surface area contributed by atoms with Gasteiger partial charge in [-0.3, -0.25) is 4.98 Å². The predicted octanol–water partition coefficient (Wildman–Crippen LogP) is 1.16. The first-order valence-electron chi connectivity index (χ1n) is 3.80. The molecule has 0 aliphatic carbocycles. The Hall–Kier alpha value is -1.02. The summed E-state index contributed by atoms with van der Waals surface area (Å²) in [6.07, 6.45) is 1.49. The summed E-state index contributed by atoms with van der Waals surface area (Å²) in [6, 6.07) is 9.31. The lowest BCUT2D eigenvalue weighted by atomic mass is 10.2. The molecule has 1 aromatic carbocycles. The summed E-state index contributed by atoms with van der Waals surface area (Å²) in [5.41, 5.74) is 0.864. The van der Waals surface area contributed by atoms with Crippen LogP contribution in [0.1, 0.15) is 0 Å². The van der Waals surface area contributed by atoms with Crippen molar-refractivity contribution in [2.75, 3.05) is 0 Å². The molecular formula is C9H8NO2P. The third-order valence-electron chi connectivity index (χ3n) is 1.81. The molecule has 0 unspecified atom stereocenters. The summed E-state index contributed by atoms with van der Waals surface area (Å²) in [7, 11) is -2.03. The van der Waals surface area contributed by atoms with Gasteiger partial charge >= 0.3 is 0 Å². The van der Waals surface area contributed by atoms with E-state index in [1.807, 2.05) is 24.3 Å². The summed E-state index contributed by atoms with van der Waals surface area (Å²) in [5, 5.41) is 1.41. The first-order valence-corrected chi connectivity index (χ1v) is 5.05. The molecule has 0 fully saturated rings. The quantitative estimate of drug-likeness (QED) is 0.668. The number of hydrogen-bond acceptors (Lipinski definition) is 3. The molecule has 0 bridgehead atoms. The molecule has 0 aliphatic rings. The summed E-state index contributed by atoms with van der Waals surface area (Å²) in [5.74, 6) is 0. The average molecular weight is 193 g/mol. The second-order valence-corrected chi connectivity index (χ2v) is 3.77. The fourth-order valence-corrected chi connectivity index (χ4v) is 1.58. The highest BCUT2D eigenvalue weighted by Crippen LogP contribution is 2.23. The molecule has 4 heteroatoms. The molecule has 1 heterocycles. The standard InChI is InChI=1S/C9H8NO2P/c11-13(12)8-5-7-3-1-2-4-9(7)10-6-8/h1-6,11-12H. The number of aromatic nitrogens is 1. The molecule has 1 aromatic heterocycles. The van der Waals surface area contributed by atoms with Crippen LogP contribution >= 0.6 is 8.38 Å². The van der Waals surface area contributed by atoms with Crippen molar-refractivity contribution in [3.8, 4) is 0 Å². The first-order chi connectivity index (χ1) is 6.27. The van der Waals surface area contributed by atoms with Crippen LogP contribution in [0.4, 0.5) is 0 Å². The minimum atomic E-state index is -2.03. The van der Waals surface area contributed by atoms with Crippen molar-refractivity contribution in [3.63, 3.8) is 0 Å². The van der Waals surface area contributed by atoms with Crippen molar-refractivity contribution in [2.45, 2.75) is 0 Å². The van der Waals surface area contributed by atoms with Crippen LogP contribution in [0.5, 0.6) is 0 Å². The van der Waals surface area contributed by atoms with E-state index in [1.165, 1.54) is 6.20 Å². The number of hydrogen-bond donors (Lipinski definition) is 2. The van der Waals surface area contributed by atoms with Gasteiger partial charge in [0.1, 0.15) is 0 Å². The van der Waals surface area contributed by atoms with E-state index >= 15 is 0 Å². The highest BCUT2D eigenvalue weighted by atomic mass is 31.2. The van der Waals surface area contributed by atoms with Crippen molar-refractivity contribution in [3.05, 3.63) is 36.5 Å². The number of para-hydroxylation sites is 1. The smallest absolute Gasteiger partial charge is 0.201 e. The summed E-state index contributed by atoms with van der Waals surface area (Å²) < 4.78 is 0. The number of rotatable bonds is 1. The zero-order valence-electron chi connectivity index (χ0n) is 6.75. The Morgan fingerprint density at radius 1 is 1.15 bits per heavy atom. The normalized spacial score (nSPS) is 11.0. The second kappa shape index (κ2) is 3.38. The van der Waals surface area contributed by atoms with Gasteiger partial charge in [-0.2, -0.15) is 0 Å². The number of pyridine rings is 1. The molecule has 13 heavy (non-hydrogen) atoms. The molecule has 0 aliphatic heterocycles.